The molecule has 0 amide bonds. The number of guanidine groups is 1. The summed E-state index contributed by atoms with van der Waals surface area (Å²) in [5.41, 5.74) is 3.76. The van der Waals surface area contributed by atoms with Crippen molar-refractivity contribution in [2.75, 3.05) is 45.9 Å². The van der Waals surface area contributed by atoms with Gasteiger partial charge in [0.2, 0.25) is 0 Å². The van der Waals surface area contributed by atoms with Gasteiger partial charge in [-0.2, -0.15) is 0 Å². The Morgan fingerprint density at radius 1 is 1.15 bits per heavy atom. The van der Waals surface area contributed by atoms with Gasteiger partial charge in [0.05, 0.1) is 13.2 Å². The first kappa shape index (κ1) is 25.4. The van der Waals surface area contributed by atoms with E-state index in [4.69, 9.17) is 9.73 Å². The largest absolute Gasteiger partial charge is 0.379 e. The van der Waals surface area contributed by atoms with Crippen molar-refractivity contribution in [3.05, 3.63) is 47.2 Å². The second-order valence-corrected chi connectivity index (χ2v) is 8.31. The number of hydrogen-bond acceptors (Lipinski definition) is 5. The van der Waals surface area contributed by atoms with Crippen LogP contribution in [0.5, 0.6) is 0 Å². The highest BCUT2D eigenvalue weighted by atomic mass is 127. The Hall–Kier alpha value is -2.18. The zero-order valence-electron chi connectivity index (χ0n) is 19.7. The molecule has 1 aromatic carbocycles. The highest BCUT2D eigenvalue weighted by Gasteiger charge is 2.11. The SMILES string of the molecule is Cc1ccc2c(CCNC(=NCc3nnc(C)n3C)NCCN3CCOCC3)c[nH]c2c1.I. The molecule has 9 nitrogen and oxygen atoms in total. The fraction of sp³-hybridized carbons (Fsp3) is 0.522. The fourth-order valence-electron chi connectivity index (χ4n) is 3.89. The van der Waals surface area contributed by atoms with Crippen molar-refractivity contribution in [1.82, 2.24) is 35.3 Å². The molecular formula is C23H35IN8O. The number of morpholine rings is 1. The van der Waals surface area contributed by atoms with E-state index in [0.29, 0.717) is 6.54 Å². The van der Waals surface area contributed by atoms with Crippen molar-refractivity contribution < 1.29 is 4.74 Å². The smallest absolute Gasteiger partial charge is 0.191 e. The van der Waals surface area contributed by atoms with Crippen LogP contribution < -0.4 is 10.6 Å². The normalized spacial score (nSPS) is 14.9. The summed E-state index contributed by atoms with van der Waals surface area (Å²) < 4.78 is 7.41. The number of aliphatic imine (C=N–C) groups is 1. The fourth-order valence-corrected chi connectivity index (χ4v) is 3.89. The van der Waals surface area contributed by atoms with Gasteiger partial charge in [0.1, 0.15) is 12.4 Å². The van der Waals surface area contributed by atoms with Gasteiger partial charge in [-0.1, -0.05) is 12.1 Å². The van der Waals surface area contributed by atoms with Gasteiger partial charge >= 0.3 is 0 Å². The maximum absolute atomic E-state index is 5.44. The van der Waals surface area contributed by atoms with Crippen LogP contribution in [0.4, 0.5) is 0 Å². The Kier molecular flexibility index (Phi) is 9.51. The van der Waals surface area contributed by atoms with E-state index in [-0.39, 0.29) is 24.0 Å². The van der Waals surface area contributed by atoms with Crippen LogP contribution >= 0.6 is 24.0 Å². The number of benzene rings is 1. The van der Waals surface area contributed by atoms with E-state index in [2.05, 4.69) is 62.0 Å². The van der Waals surface area contributed by atoms with Crippen molar-refractivity contribution >= 4 is 40.8 Å². The molecule has 1 fully saturated rings. The van der Waals surface area contributed by atoms with Crippen LogP contribution in [-0.2, 0) is 24.8 Å². The Morgan fingerprint density at radius 2 is 1.94 bits per heavy atom. The Labute approximate surface area is 212 Å². The van der Waals surface area contributed by atoms with Gasteiger partial charge in [0.25, 0.3) is 0 Å². The molecule has 180 valence electrons. The van der Waals surface area contributed by atoms with Crippen LogP contribution in [0.3, 0.4) is 0 Å². The number of rotatable bonds is 8. The lowest BCUT2D eigenvalue weighted by Gasteiger charge is -2.26. The molecule has 0 atom stereocenters. The molecule has 3 aromatic rings. The first-order valence-electron chi connectivity index (χ1n) is 11.3. The molecule has 3 N–H and O–H groups in total. The number of ether oxygens (including phenoxy) is 1. The second kappa shape index (κ2) is 12.3. The van der Waals surface area contributed by atoms with Crippen LogP contribution in [-0.4, -0.2) is 76.5 Å². The summed E-state index contributed by atoms with van der Waals surface area (Å²) in [6, 6.07) is 6.55. The van der Waals surface area contributed by atoms with Crippen LogP contribution in [0, 0.1) is 13.8 Å². The van der Waals surface area contributed by atoms with Crippen molar-refractivity contribution in [1.29, 1.82) is 0 Å². The van der Waals surface area contributed by atoms with Gasteiger partial charge in [-0.15, -0.1) is 34.2 Å². The molecule has 1 aliphatic rings. The average molecular weight is 566 g/mol. The molecule has 0 saturated carbocycles. The van der Waals surface area contributed by atoms with E-state index in [1.54, 1.807) is 0 Å². The highest BCUT2D eigenvalue weighted by Crippen LogP contribution is 2.19. The number of hydrogen-bond donors (Lipinski definition) is 3. The predicted molar refractivity (Wildman–Crippen MR) is 142 cm³/mol. The summed E-state index contributed by atoms with van der Waals surface area (Å²) in [7, 11) is 1.97. The summed E-state index contributed by atoms with van der Waals surface area (Å²) in [5.74, 6) is 2.54. The van der Waals surface area contributed by atoms with E-state index in [1.165, 1.54) is 22.0 Å². The Balaban J connectivity index is 0.00000306. The van der Waals surface area contributed by atoms with Crippen molar-refractivity contribution in [2.24, 2.45) is 12.0 Å². The lowest BCUT2D eigenvalue weighted by atomic mass is 10.1. The molecule has 10 heteroatoms. The van der Waals surface area contributed by atoms with Crippen LogP contribution in [0.25, 0.3) is 10.9 Å². The minimum absolute atomic E-state index is 0. The summed E-state index contributed by atoms with van der Waals surface area (Å²) in [6.45, 7) is 10.7. The Morgan fingerprint density at radius 3 is 2.70 bits per heavy atom. The number of nitrogens with one attached hydrogen (secondary N) is 3. The highest BCUT2D eigenvalue weighted by molar-refractivity contribution is 14.0. The van der Waals surface area contributed by atoms with E-state index < -0.39 is 0 Å². The lowest BCUT2D eigenvalue weighted by molar-refractivity contribution is 0.0389. The number of fused-ring (bicyclic) bond motifs is 1. The number of halogens is 1. The number of aromatic amines is 1. The molecule has 0 spiro atoms. The number of aromatic nitrogens is 4. The zero-order chi connectivity index (χ0) is 22.3. The first-order valence-corrected chi connectivity index (χ1v) is 11.3. The molecule has 0 aliphatic carbocycles. The predicted octanol–water partition coefficient (Wildman–Crippen LogP) is 2.14. The second-order valence-electron chi connectivity index (χ2n) is 8.31. The zero-order valence-corrected chi connectivity index (χ0v) is 22.1. The van der Waals surface area contributed by atoms with Gasteiger partial charge in [0.15, 0.2) is 11.8 Å². The summed E-state index contributed by atoms with van der Waals surface area (Å²) in [5, 5.41) is 16.6. The van der Waals surface area contributed by atoms with Gasteiger partial charge in [-0.05, 0) is 37.5 Å². The minimum atomic E-state index is 0. The van der Waals surface area contributed by atoms with Crippen LogP contribution in [0.15, 0.2) is 29.4 Å². The molecule has 0 bridgehead atoms. The molecule has 33 heavy (non-hydrogen) atoms. The third kappa shape index (κ3) is 6.90. The third-order valence-electron chi connectivity index (χ3n) is 6.00. The maximum Gasteiger partial charge on any atom is 0.191 e. The van der Waals surface area contributed by atoms with Crippen LogP contribution in [0.1, 0.15) is 22.8 Å². The molecule has 3 heterocycles. The Bertz CT molecular complexity index is 1050. The summed E-state index contributed by atoms with van der Waals surface area (Å²) >= 11 is 0. The van der Waals surface area contributed by atoms with E-state index in [0.717, 1.165) is 70.0 Å². The number of aryl methyl sites for hydroxylation is 2. The molecule has 1 aliphatic heterocycles. The van der Waals surface area contributed by atoms with E-state index >= 15 is 0 Å². The summed E-state index contributed by atoms with van der Waals surface area (Å²) in [4.78, 5) is 10.6. The van der Waals surface area contributed by atoms with Crippen molar-refractivity contribution in [2.45, 2.75) is 26.8 Å². The third-order valence-corrected chi connectivity index (χ3v) is 6.00. The van der Waals surface area contributed by atoms with Gasteiger partial charge in [-0.3, -0.25) is 4.90 Å². The van der Waals surface area contributed by atoms with Crippen molar-refractivity contribution in [3.8, 4) is 0 Å². The average Bonchev–Trinajstić information content (AvgIpc) is 3.35. The molecule has 0 unspecified atom stereocenters. The van der Waals surface area contributed by atoms with Gasteiger partial charge in [0, 0.05) is 56.9 Å². The van der Waals surface area contributed by atoms with Gasteiger partial charge in [-0.25, -0.2) is 4.99 Å². The molecular weight excluding hydrogens is 531 g/mol. The summed E-state index contributed by atoms with van der Waals surface area (Å²) in [6.07, 6.45) is 3.02. The number of H-pyrrole nitrogens is 1. The van der Waals surface area contributed by atoms with E-state index in [9.17, 15) is 0 Å². The van der Waals surface area contributed by atoms with Crippen LogP contribution in [0.2, 0.25) is 0 Å². The standard InChI is InChI=1S/C23H34N8O.HI/c1-17-4-5-20-19(15-26-21(20)14-17)6-7-24-23(25-8-9-31-10-12-32-13-11-31)27-16-22-29-28-18(2)30(22)3;/h4-5,14-15,26H,6-13,16H2,1-3H3,(H2,24,25,27);1H. The van der Waals surface area contributed by atoms with Crippen molar-refractivity contribution in [3.63, 3.8) is 0 Å². The number of nitrogens with zero attached hydrogens (tertiary/aromatic N) is 5. The molecule has 2 aromatic heterocycles. The molecule has 1 saturated heterocycles. The first-order chi connectivity index (χ1) is 15.6. The monoisotopic (exact) mass is 566 g/mol. The quantitative estimate of drug-likeness (QED) is 0.220. The maximum atomic E-state index is 5.44. The van der Waals surface area contributed by atoms with Gasteiger partial charge < -0.3 is 24.9 Å². The topological polar surface area (TPSA) is 95.4 Å². The molecule has 0 radical (unpaired) electrons. The molecule has 4 rings (SSSR count). The minimum Gasteiger partial charge on any atom is -0.379 e. The lowest BCUT2D eigenvalue weighted by Crippen LogP contribution is -2.44. The van der Waals surface area contributed by atoms with E-state index in [1.807, 2.05) is 18.5 Å².